The summed E-state index contributed by atoms with van der Waals surface area (Å²) in [5.74, 6) is -0.298. The van der Waals surface area contributed by atoms with Gasteiger partial charge in [-0.25, -0.2) is 4.98 Å². The van der Waals surface area contributed by atoms with Crippen LogP contribution in [0.3, 0.4) is 0 Å². The van der Waals surface area contributed by atoms with Gasteiger partial charge in [0.15, 0.2) is 0 Å². The minimum atomic E-state index is -0.388. The Morgan fingerprint density at radius 3 is 3.00 bits per heavy atom. The maximum atomic E-state index is 12.5. The number of carbonyl (C=O) groups is 2. The molecular formula is C13H21N5O2. The van der Waals surface area contributed by atoms with E-state index in [-0.39, 0.29) is 17.9 Å². The molecule has 1 aromatic heterocycles. The fraction of sp³-hybridized carbons (Fsp3) is 0.615. The van der Waals surface area contributed by atoms with Gasteiger partial charge in [0.2, 0.25) is 5.91 Å². The number of hydrogen-bond donors (Lipinski definition) is 2. The van der Waals surface area contributed by atoms with Gasteiger partial charge in [-0.2, -0.15) is 0 Å². The fourth-order valence-corrected chi connectivity index (χ4v) is 2.50. The van der Waals surface area contributed by atoms with Gasteiger partial charge < -0.3 is 20.5 Å². The highest BCUT2D eigenvalue weighted by Gasteiger charge is 2.32. The van der Waals surface area contributed by atoms with Crippen LogP contribution in [0.2, 0.25) is 0 Å². The lowest BCUT2D eigenvalue weighted by atomic mass is 10.0. The molecule has 0 radical (unpaired) electrons. The van der Waals surface area contributed by atoms with E-state index in [0.717, 1.165) is 12.8 Å². The lowest BCUT2D eigenvalue weighted by Crippen LogP contribution is -2.51. The number of amides is 2. The number of aromatic nitrogens is 2. The third-order valence-electron chi connectivity index (χ3n) is 3.55. The number of likely N-dealkylation sites (tertiary alicyclic amines) is 1. The van der Waals surface area contributed by atoms with E-state index >= 15 is 0 Å². The summed E-state index contributed by atoms with van der Waals surface area (Å²) in [6, 6.07) is -0.388. The smallest absolute Gasteiger partial charge is 0.274 e. The van der Waals surface area contributed by atoms with Gasteiger partial charge in [0.25, 0.3) is 5.91 Å². The molecule has 2 rings (SSSR count). The van der Waals surface area contributed by atoms with E-state index in [9.17, 15) is 9.59 Å². The first-order chi connectivity index (χ1) is 9.67. The third kappa shape index (κ3) is 2.98. The van der Waals surface area contributed by atoms with Crippen molar-refractivity contribution >= 4 is 11.8 Å². The molecule has 1 aliphatic rings. The molecule has 2 amide bonds. The molecule has 1 fully saturated rings. The molecule has 0 bridgehead atoms. The van der Waals surface area contributed by atoms with Crippen LogP contribution in [0.15, 0.2) is 12.5 Å². The zero-order valence-electron chi connectivity index (χ0n) is 11.7. The van der Waals surface area contributed by atoms with E-state index in [1.165, 1.54) is 0 Å². The van der Waals surface area contributed by atoms with Crippen molar-refractivity contribution in [2.24, 2.45) is 5.73 Å². The van der Waals surface area contributed by atoms with E-state index < -0.39 is 0 Å². The second-order valence-electron chi connectivity index (χ2n) is 4.91. The molecule has 1 unspecified atom stereocenters. The molecule has 0 spiro atoms. The number of nitrogens with one attached hydrogen (secondary N) is 1. The van der Waals surface area contributed by atoms with Gasteiger partial charge in [-0.05, 0) is 19.3 Å². The topological polar surface area (TPSA) is 93.2 Å². The second-order valence-corrected chi connectivity index (χ2v) is 4.91. The van der Waals surface area contributed by atoms with Crippen molar-refractivity contribution in [3.8, 4) is 0 Å². The number of nitrogens with two attached hydrogens (primary N) is 1. The summed E-state index contributed by atoms with van der Waals surface area (Å²) in [7, 11) is 1.59. The van der Waals surface area contributed by atoms with Crippen molar-refractivity contribution in [3.05, 3.63) is 18.2 Å². The van der Waals surface area contributed by atoms with Gasteiger partial charge in [0.05, 0.1) is 6.33 Å². The largest absolute Gasteiger partial charge is 0.357 e. The average Bonchev–Trinajstić information content (AvgIpc) is 2.94. The Bertz CT molecular complexity index is 485. The van der Waals surface area contributed by atoms with Gasteiger partial charge in [-0.1, -0.05) is 0 Å². The van der Waals surface area contributed by atoms with E-state index in [1.54, 1.807) is 29.0 Å². The normalized spacial score (nSPS) is 18.9. The lowest BCUT2D eigenvalue weighted by Gasteiger charge is -2.33. The van der Waals surface area contributed by atoms with Gasteiger partial charge in [0.1, 0.15) is 11.7 Å². The zero-order valence-corrected chi connectivity index (χ0v) is 11.7. The molecule has 1 aliphatic heterocycles. The molecule has 1 atom stereocenters. The van der Waals surface area contributed by atoms with Crippen molar-refractivity contribution in [1.82, 2.24) is 19.8 Å². The van der Waals surface area contributed by atoms with Crippen LogP contribution in [0.4, 0.5) is 0 Å². The van der Waals surface area contributed by atoms with E-state index in [0.29, 0.717) is 31.7 Å². The molecule has 7 heteroatoms. The predicted molar refractivity (Wildman–Crippen MR) is 74.0 cm³/mol. The monoisotopic (exact) mass is 279 g/mol. The van der Waals surface area contributed by atoms with E-state index in [2.05, 4.69) is 10.3 Å². The van der Waals surface area contributed by atoms with Crippen LogP contribution in [0.1, 0.15) is 29.8 Å². The summed E-state index contributed by atoms with van der Waals surface area (Å²) in [4.78, 5) is 30.1. The highest BCUT2D eigenvalue weighted by Crippen LogP contribution is 2.19. The van der Waals surface area contributed by atoms with Crippen LogP contribution in [0, 0.1) is 0 Å². The molecular weight excluding hydrogens is 258 g/mol. The Balaban J connectivity index is 2.14. The van der Waals surface area contributed by atoms with Crippen molar-refractivity contribution in [2.45, 2.75) is 31.8 Å². The van der Waals surface area contributed by atoms with Gasteiger partial charge in [-0.3, -0.25) is 9.59 Å². The molecule has 3 N–H and O–H groups in total. The third-order valence-corrected chi connectivity index (χ3v) is 3.55. The van der Waals surface area contributed by atoms with Gasteiger partial charge in [-0.15, -0.1) is 0 Å². The van der Waals surface area contributed by atoms with E-state index in [4.69, 9.17) is 5.73 Å². The Kier molecular flexibility index (Phi) is 4.73. The number of imidazole rings is 1. The Labute approximate surface area is 118 Å². The quantitative estimate of drug-likeness (QED) is 0.783. The Hall–Kier alpha value is -1.89. The van der Waals surface area contributed by atoms with Crippen LogP contribution >= 0.6 is 0 Å². The predicted octanol–water partition coefficient (Wildman–Crippen LogP) is -0.417. The van der Waals surface area contributed by atoms with Crippen LogP contribution in [0.5, 0.6) is 0 Å². The van der Waals surface area contributed by atoms with Crippen LogP contribution < -0.4 is 11.1 Å². The number of rotatable bonds is 4. The van der Waals surface area contributed by atoms with E-state index in [1.807, 2.05) is 0 Å². The van der Waals surface area contributed by atoms with Gasteiger partial charge >= 0.3 is 0 Å². The summed E-state index contributed by atoms with van der Waals surface area (Å²) in [6.45, 7) is 1.72. The first-order valence-electron chi connectivity index (χ1n) is 6.91. The maximum absolute atomic E-state index is 12.5. The standard InChI is InChI=1S/C13H21N5O2/c1-15-12(19)11-4-2-3-6-18(11)13(20)10-8-17(7-5-14)9-16-10/h8-9,11H,2-7,14H2,1H3,(H,15,19). The van der Waals surface area contributed by atoms with Crippen molar-refractivity contribution in [1.29, 1.82) is 0 Å². The lowest BCUT2D eigenvalue weighted by molar-refractivity contribution is -0.126. The SMILES string of the molecule is CNC(=O)C1CCCCN1C(=O)c1cn(CCN)cn1. The molecule has 2 heterocycles. The highest BCUT2D eigenvalue weighted by molar-refractivity contribution is 5.96. The first kappa shape index (κ1) is 14.5. The number of piperidine rings is 1. The fourth-order valence-electron chi connectivity index (χ4n) is 2.50. The Morgan fingerprint density at radius 1 is 1.50 bits per heavy atom. The molecule has 20 heavy (non-hydrogen) atoms. The van der Waals surface area contributed by atoms with Gasteiger partial charge in [0, 0.05) is 32.9 Å². The number of hydrogen-bond acceptors (Lipinski definition) is 4. The zero-order chi connectivity index (χ0) is 14.5. The van der Waals surface area contributed by atoms with Crippen LogP contribution in [0.25, 0.3) is 0 Å². The summed E-state index contributed by atoms with van der Waals surface area (Å²) in [5.41, 5.74) is 5.84. The van der Waals surface area contributed by atoms with Crippen LogP contribution in [-0.4, -0.2) is 52.4 Å². The highest BCUT2D eigenvalue weighted by atomic mass is 16.2. The number of likely N-dealkylation sites (N-methyl/N-ethyl adjacent to an activating group) is 1. The molecule has 0 aromatic carbocycles. The molecule has 1 aromatic rings. The van der Waals surface area contributed by atoms with Crippen molar-refractivity contribution in [3.63, 3.8) is 0 Å². The van der Waals surface area contributed by atoms with Crippen molar-refractivity contribution in [2.75, 3.05) is 20.1 Å². The molecule has 1 saturated heterocycles. The summed E-state index contributed by atoms with van der Waals surface area (Å²) >= 11 is 0. The number of carbonyl (C=O) groups excluding carboxylic acids is 2. The number of nitrogens with zero attached hydrogens (tertiary/aromatic N) is 3. The minimum Gasteiger partial charge on any atom is -0.357 e. The molecule has 0 saturated carbocycles. The summed E-state index contributed by atoms with van der Waals surface area (Å²) in [5, 5.41) is 2.62. The molecule has 0 aliphatic carbocycles. The summed E-state index contributed by atoms with van der Waals surface area (Å²) < 4.78 is 1.78. The second kappa shape index (κ2) is 6.51. The molecule has 7 nitrogen and oxygen atoms in total. The average molecular weight is 279 g/mol. The van der Waals surface area contributed by atoms with Crippen molar-refractivity contribution < 1.29 is 9.59 Å². The minimum absolute atomic E-state index is 0.112. The summed E-state index contributed by atoms with van der Waals surface area (Å²) in [6.07, 6.45) is 5.87. The Morgan fingerprint density at radius 2 is 2.30 bits per heavy atom. The maximum Gasteiger partial charge on any atom is 0.274 e. The molecule has 110 valence electrons. The van der Waals surface area contributed by atoms with Crippen LogP contribution in [-0.2, 0) is 11.3 Å². The first-order valence-corrected chi connectivity index (χ1v) is 6.91.